The van der Waals surface area contributed by atoms with Crippen LogP contribution in [0.3, 0.4) is 0 Å². The second-order valence-corrected chi connectivity index (χ2v) is 20.1. The third kappa shape index (κ3) is 15.2. The second-order valence-electron chi connectivity index (χ2n) is 20.1. The zero-order valence-corrected chi connectivity index (χ0v) is 41.7. The fraction of sp³-hybridized carbons (Fsp3) is 1.00. The summed E-state index contributed by atoms with van der Waals surface area (Å²) in [6.07, 6.45) is -29.8. The molecule has 0 aromatic rings. The summed E-state index contributed by atoms with van der Waals surface area (Å²) in [7, 11) is 0. The molecule has 6 aliphatic heterocycles. The van der Waals surface area contributed by atoms with Gasteiger partial charge in [-0.1, -0.05) is 39.0 Å². The van der Waals surface area contributed by atoms with E-state index >= 15 is 0 Å². The van der Waals surface area contributed by atoms with E-state index in [-0.39, 0.29) is 0 Å². The van der Waals surface area contributed by atoms with Crippen molar-refractivity contribution in [3.05, 3.63) is 0 Å². The molecule has 0 aromatic carbocycles. The fourth-order valence-corrected chi connectivity index (χ4v) is 9.49. The van der Waals surface area contributed by atoms with Crippen LogP contribution in [-0.2, 0) is 56.8 Å². The van der Waals surface area contributed by atoms with Gasteiger partial charge in [0.15, 0.2) is 37.7 Å². The molecule has 0 aromatic heterocycles. The van der Waals surface area contributed by atoms with Crippen LogP contribution < -0.4 is 34.4 Å². The molecule has 6 aliphatic rings. The van der Waals surface area contributed by atoms with E-state index in [9.17, 15) is 66.4 Å². The molecule has 0 spiro atoms. The van der Waals surface area contributed by atoms with Gasteiger partial charge >= 0.3 is 0 Å². The van der Waals surface area contributed by atoms with Crippen LogP contribution in [0.1, 0.15) is 45.4 Å². The van der Waals surface area contributed by atoms with Crippen LogP contribution in [0.15, 0.2) is 0 Å². The summed E-state index contributed by atoms with van der Waals surface area (Å²) in [5.41, 5.74) is 36.6. The standard InChI is InChI=1S/C44H84N6O25/c1-2-3-4-5-6-7-8-64-39-21(45)34(59)28(53)16(71-39)10-66-41-23(47)36(61)30(55)18(73-41)12-68-43-25(49)38(63)32(57)20(75-43)14-69-44-26(50)37(62)31(56)19(74-44)13-67-42-24(48)35(60)29(54)17(72-42)11-65-40-22(46)33(58)27(52)15(9-51)70-40/h15-44,51-63H,2-14,45-50H2,1H3/t15-,16-,17-,18-,19-,20-,21-,22-,23-,24-,25-,26-,27-,28-,29-,30-,31-,32-,33-,34-,35-,36-,37-,38-,39-,40-,41-,42-,43-,44-/m1/s1. The number of aliphatic hydroxyl groups is 13. The van der Waals surface area contributed by atoms with Crippen LogP contribution in [0.2, 0.25) is 0 Å². The summed E-state index contributed by atoms with van der Waals surface area (Å²) in [5, 5.41) is 138. The molecule has 440 valence electrons. The lowest BCUT2D eigenvalue weighted by atomic mass is 9.96. The van der Waals surface area contributed by atoms with E-state index in [0.717, 1.165) is 38.5 Å². The molecule has 30 atom stereocenters. The molecule has 0 unspecified atom stereocenters. The summed E-state index contributed by atoms with van der Waals surface area (Å²) in [6.45, 7) is -0.948. The van der Waals surface area contributed by atoms with E-state index in [2.05, 4.69) is 6.92 Å². The lowest BCUT2D eigenvalue weighted by Crippen LogP contribution is -2.66. The number of aliphatic hydroxyl groups excluding tert-OH is 13. The molecule has 0 aliphatic carbocycles. The van der Waals surface area contributed by atoms with Crippen molar-refractivity contribution in [1.29, 1.82) is 0 Å². The average molecular weight is 1100 g/mol. The Morgan fingerprint density at radius 2 is 0.507 bits per heavy atom. The molecule has 6 saturated heterocycles. The SMILES string of the molecule is CCCCCCCCO[C@@H]1O[C@H](CO[C@@H]2O[C@H](CO[C@@H]3O[C@H](CO[C@@H]4O[C@H](CO[C@@H]5O[C@H](CO[C@@H]6O[C@H](CO)[C@@H](O)[C@H](O)[C@H]6N)[C@@H](O)[C@H](O)[C@H]5N)[C@@H](O)[C@H](O)[C@H]4N)[C@@H](O)[C@H](O)[C@H]3N)[C@@H](O)[C@H](O)[C@H]2N)[C@@H](O)[C@H](O)[C@H]1N. The minimum absolute atomic E-state index is 0.304. The van der Waals surface area contributed by atoms with Crippen molar-refractivity contribution in [3.8, 4) is 0 Å². The van der Waals surface area contributed by atoms with Crippen LogP contribution in [0.25, 0.3) is 0 Å². The Labute approximate surface area is 432 Å². The number of nitrogens with two attached hydrogens (primary N) is 6. The predicted molar refractivity (Wildman–Crippen MR) is 248 cm³/mol. The lowest BCUT2D eigenvalue weighted by molar-refractivity contribution is -0.323. The first-order valence-electron chi connectivity index (χ1n) is 25.5. The van der Waals surface area contributed by atoms with E-state index in [1.54, 1.807) is 0 Å². The second kappa shape index (κ2) is 29.0. The molecular weight excluding hydrogens is 1010 g/mol. The van der Waals surface area contributed by atoms with E-state index in [1.165, 1.54) is 0 Å². The highest BCUT2D eigenvalue weighted by Gasteiger charge is 2.52. The highest BCUT2D eigenvalue weighted by atomic mass is 16.8. The van der Waals surface area contributed by atoms with Crippen molar-refractivity contribution in [3.63, 3.8) is 0 Å². The van der Waals surface area contributed by atoms with Gasteiger partial charge in [0.2, 0.25) is 0 Å². The van der Waals surface area contributed by atoms with Gasteiger partial charge in [-0.2, -0.15) is 0 Å². The van der Waals surface area contributed by atoms with Crippen LogP contribution in [0.4, 0.5) is 0 Å². The monoisotopic (exact) mass is 1100 g/mol. The molecule has 6 fully saturated rings. The summed E-state index contributed by atoms with van der Waals surface area (Å²) in [6, 6.07) is -7.88. The maximum Gasteiger partial charge on any atom is 0.175 e. The Bertz CT molecular complexity index is 1670. The van der Waals surface area contributed by atoms with Crippen molar-refractivity contribution < 1.29 is 123 Å². The van der Waals surface area contributed by atoms with Gasteiger partial charge < -0.3 is 158 Å². The van der Waals surface area contributed by atoms with Crippen LogP contribution in [-0.4, -0.2) is 296 Å². The summed E-state index contributed by atoms with van der Waals surface area (Å²) >= 11 is 0. The van der Waals surface area contributed by atoms with Gasteiger partial charge in [-0.25, -0.2) is 0 Å². The Kier molecular flexibility index (Phi) is 24.3. The topological polar surface area (TPSA) is 530 Å². The van der Waals surface area contributed by atoms with Crippen molar-refractivity contribution in [2.45, 2.75) is 229 Å². The van der Waals surface area contributed by atoms with E-state index in [0.29, 0.717) is 6.61 Å². The molecule has 31 nitrogen and oxygen atoms in total. The van der Waals surface area contributed by atoms with Crippen molar-refractivity contribution >= 4 is 0 Å². The quantitative estimate of drug-likeness (QED) is 0.0399. The number of rotatable bonds is 24. The Hall–Kier alpha value is -1.24. The third-order valence-electron chi connectivity index (χ3n) is 14.6. The summed E-state index contributed by atoms with van der Waals surface area (Å²) in [5.74, 6) is 0. The Morgan fingerprint density at radius 1 is 0.293 bits per heavy atom. The van der Waals surface area contributed by atoms with E-state index in [4.69, 9.17) is 91.2 Å². The number of hydrogen-bond acceptors (Lipinski definition) is 31. The van der Waals surface area contributed by atoms with Gasteiger partial charge in [-0.15, -0.1) is 0 Å². The van der Waals surface area contributed by atoms with Crippen LogP contribution in [0, 0.1) is 0 Å². The van der Waals surface area contributed by atoms with Gasteiger partial charge in [0.25, 0.3) is 0 Å². The minimum Gasteiger partial charge on any atom is -0.394 e. The van der Waals surface area contributed by atoms with Gasteiger partial charge in [-0.3, -0.25) is 0 Å². The molecule has 0 amide bonds. The largest absolute Gasteiger partial charge is 0.394 e. The summed E-state index contributed by atoms with van der Waals surface area (Å²) in [4.78, 5) is 0. The van der Waals surface area contributed by atoms with Crippen molar-refractivity contribution in [2.24, 2.45) is 34.4 Å². The zero-order valence-electron chi connectivity index (χ0n) is 41.7. The molecule has 75 heavy (non-hydrogen) atoms. The maximum absolute atomic E-state index is 11.0. The fourth-order valence-electron chi connectivity index (χ4n) is 9.49. The van der Waals surface area contributed by atoms with Gasteiger partial charge in [0.1, 0.15) is 110 Å². The number of unbranched alkanes of at least 4 members (excludes halogenated alkanes) is 5. The predicted octanol–water partition coefficient (Wildman–Crippen LogP) is -10.9. The molecule has 31 heteroatoms. The highest BCUT2D eigenvalue weighted by molar-refractivity contribution is 4.98. The van der Waals surface area contributed by atoms with Crippen molar-refractivity contribution in [2.75, 3.05) is 46.2 Å². The molecule has 0 bridgehead atoms. The average Bonchev–Trinajstić information content (AvgIpc) is 3.40. The number of hydrogen-bond donors (Lipinski definition) is 19. The molecule has 25 N–H and O–H groups in total. The molecule has 6 rings (SSSR count). The first kappa shape index (κ1) is 62.9. The lowest BCUT2D eigenvalue weighted by Gasteiger charge is -2.45. The zero-order chi connectivity index (χ0) is 55.0. The highest BCUT2D eigenvalue weighted by Crippen LogP contribution is 2.30. The van der Waals surface area contributed by atoms with Gasteiger partial charge in [0.05, 0.1) is 75.9 Å². The van der Waals surface area contributed by atoms with Crippen LogP contribution in [0.5, 0.6) is 0 Å². The van der Waals surface area contributed by atoms with Gasteiger partial charge in [0, 0.05) is 6.61 Å². The molecule has 0 radical (unpaired) electrons. The smallest absolute Gasteiger partial charge is 0.175 e. The van der Waals surface area contributed by atoms with E-state index < -0.39 is 224 Å². The Morgan fingerprint density at radius 3 is 0.760 bits per heavy atom. The van der Waals surface area contributed by atoms with E-state index in [1.807, 2.05) is 0 Å². The maximum atomic E-state index is 11.0. The molecule has 0 saturated carbocycles. The van der Waals surface area contributed by atoms with Crippen LogP contribution >= 0.6 is 0 Å². The van der Waals surface area contributed by atoms with Gasteiger partial charge in [-0.05, 0) is 6.42 Å². The first-order valence-corrected chi connectivity index (χ1v) is 25.5. The summed E-state index contributed by atoms with van der Waals surface area (Å²) < 4.78 is 69.2. The molecule has 6 heterocycles. The van der Waals surface area contributed by atoms with Crippen molar-refractivity contribution in [1.82, 2.24) is 0 Å². The Balaban J connectivity index is 0.991. The third-order valence-corrected chi connectivity index (χ3v) is 14.6. The first-order chi connectivity index (χ1) is 35.6. The molecular formula is C44H84N6O25. The minimum atomic E-state index is -1.70. The number of ether oxygens (including phenoxy) is 12. The normalized spacial score (nSPS) is 49.0.